The Hall–Kier alpha value is 0.200. The van der Waals surface area contributed by atoms with Crippen LogP contribution in [0.15, 0.2) is 0 Å². The zero-order chi connectivity index (χ0) is 11.4. The lowest BCUT2D eigenvalue weighted by Gasteiger charge is -2.33. The van der Waals surface area contributed by atoms with Gasteiger partial charge in [0.25, 0.3) is 0 Å². The SMILES string of the molecule is NC1(CF)CCCN(C2CCSCC2)CC1. The van der Waals surface area contributed by atoms with Crippen molar-refractivity contribution in [1.29, 1.82) is 0 Å². The summed E-state index contributed by atoms with van der Waals surface area (Å²) in [5, 5.41) is 0. The standard InChI is InChI=1S/C12H23FN2S/c13-10-12(14)4-1-6-15(7-5-12)11-2-8-16-9-3-11/h11H,1-10,14H2. The normalized spacial score (nSPS) is 34.9. The van der Waals surface area contributed by atoms with Gasteiger partial charge in [0.1, 0.15) is 6.67 Å². The second-order valence-electron chi connectivity index (χ2n) is 5.23. The van der Waals surface area contributed by atoms with E-state index in [4.69, 9.17) is 5.73 Å². The molecule has 0 aromatic heterocycles. The first-order valence-electron chi connectivity index (χ1n) is 6.40. The summed E-state index contributed by atoms with van der Waals surface area (Å²) in [5.74, 6) is 2.58. The van der Waals surface area contributed by atoms with Gasteiger partial charge in [-0.05, 0) is 50.2 Å². The first kappa shape index (κ1) is 12.7. The van der Waals surface area contributed by atoms with Gasteiger partial charge in [-0.25, -0.2) is 4.39 Å². The van der Waals surface area contributed by atoms with Gasteiger partial charge in [0.15, 0.2) is 0 Å². The Balaban J connectivity index is 1.87. The minimum Gasteiger partial charge on any atom is -0.323 e. The minimum atomic E-state index is -0.530. The average Bonchev–Trinajstić information content (AvgIpc) is 2.53. The highest BCUT2D eigenvalue weighted by Crippen LogP contribution is 2.26. The summed E-state index contributed by atoms with van der Waals surface area (Å²) < 4.78 is 12.9. The monoisotopic (exact) mass is 246 g/mol. The van der Waals surface area contributed by atoms with Gasteiger partial charge >= 0.3 is 0 Å². The number of thioether (sulfide) groups is 1. The number of hydrogen-bond acceptors (Lipinski definition) is 3. The maximum atomic E-state index is 12.9. The van der Waals surface area contributed by atoms with E-state index in [0.717, 1.165) is 38.4 Å². The van der Waals surface area contributed by atoms with Gasteiger partial charge in [-0.15, -0.1) is 0 Å². The fraction of sp³-hybridized carbons (Fsp3) is 1.00. The highest BCUT2D eigenvalue weighted by Gasteiger charge is 2.31. The molecule has 2 fully saturated rings. The van der Waals surface area contributed by atoms with Gasteiger partial charge in [0.05, 0.1) is 0 Å². The van der Waals surface area contributed by atoms with Crippen LogP contribution >= 0.6 is 11.8 Å². The van der Waals surface area contributed by atoms with Gasteiger partial charge < -0.3 is 10.6 Å². The van der Waals surface area contributed by atoms with Crippen molar-refractivity contribution in [1.82, 2.24) is 4.90 Å². The van der Waals surface area contributed by atoms with Crippen molar-refractivity contribution in [2.45, 2.75) is 43.7 Å². The summed E-state index contributed by atoms with van der Waals surface area (Å²) in [6.07, 6.45) is 5.34. The van der Waals surface area contributed by atoms with Crippen LogP contribution in [0, 0.1) is 0 Å². The van der Waals surface area contributed by atoms with E-state index in [2.05, 4.69) is 16.7 Å². The molecule has 1 unspecified atom stereocenters. The molecule has 0 aromatic rings. The van der Waals surface area contributed by atoms with Crippen LogP contribution in [0.2, 0.25) is 0 Å². The molecular formula is C12H23FN2S. The summed E-state index contributed by atoms with van der Waals surface area (Å²) in [7, 11) is 0. The van der Waals surface area contributed by atoms with Gasteiger partial charge in [0, 0.05) is 18.1 Å². The number of rotatable bonds is 2. The number of nitrogens with zero attached hydrogens (tertiary/aromatic N) is 1. The van der Waals surface area contributed by atoms with Gasteiger partial charge in [0.2, 0.25) is 0 Å². The molecule has 1 atom stereocenters. The zero-order valence-electron chi connectivity index (χ0n) is 9.96. The summed E-state index contributed by atoms with van der Waals surface area (Å²) in [5.41, 5.74) is 5.51. The molecule has 0 aromatic carbocycles. The molecule has 0 bridgehead atoms. The highest BCUT2D eigenvalue weighted by atomic mass is 32.2. The van der Waals surface area contributed by atoms with Crippen molar-refractivity contribution >= 4 is 11.8 Å². The zero-order valence-corrected chi connectivity index (χ0v) is 10.8. The molecule has 2 saturated heterocycles. The van der Waals surface area contributed by atoms with E-state index in [0.29, 0.717) is 0 Å². The highest BCUT2D eigenvalue weighted by molar-refractivity contribution is 7.99. The molecule has 0 amide bonds. The maximum absolute atomic E-state index is 12.9. The predicted octanol–water partition coefficient (Wildman–Crippen LogP) is 2.03. The number of halogens is 1. The van der Waals surface area contributed by atoms with E-state index in [9.17, 15) is 4.39 Å². The fourth-order valence-electron chi connectivity index (χ4n) is 2.79. The third kappa shape index (κ3) is 3.11. The van der Waals surface area contributed by atoms with Crippen LogP contribution in [0.4, 0.5) is 4.39 Å². The first-order valence-corrected chi connectivity index (χ1v) is 7.56. The van der Waals surface area contributed by atoms with Crippen molar-refractivity contribution in [3.8, 4) is 0 Å². The lowest BCUT2D eigenvalue weighted by Crippen LogP contribution is -2.44. The Morgan fingerprint density at radius 1 is 1.25 bits per heavy atom. The molecule has 0 aliphatic carbocycles. The smallest absolute Gasteiger partial charge is 0.107 e. The summed E-state index contributed by atoms with van der Waals surface area (Å²) in [6.45, 7) is 1.76. The molecule has 0 radical (unpaired) electrons. The molecule has 16 heavy (non-hydrogen) atoms. The molecular weight excluding hydrogens is 223 g/mol. The molecule has 94 valence electrons. The van der Waals surface area contributed by atoms with E-state index in [1.54, 1.807) is 0 Å². The third-order valence-corrected chi connectivity index (χ3v) is 5.04. The van der Waals surface area contributed by atoms with Crippen LogP contribution in [-0.2, 0) is 0 Å². The summed E-state index contributed by atoms with van der Waals surface area (Å²) in [6, 6.07) is 0.739. The average molecular weight is 246 g/mol. The van der Waals surface area contributed by atoms with Crippen LogP contribution in [0.3, 0.4) is 0 Å². The number of alkyl halides is 1. The second kappa shape index (κ2) is 5.69. The van der Waals surface area contributed by atoms with Crippen molar-refractivity contribution in [3.05, 3.63) is 0 Å². The van der Waals surface area contributed by atoms with E-state index in [-0.39, 0.29) is 6.67 Å². The molecule has 2 rings (SSSR count). The predicted molar refractivity (Wildman–Crippen MR) is 68.7 cm³/mol. The second-order valence-corrected chi connectivity index (χ2v) is 6.45. The summed E-state index contributed by atoms with van der Waals surface area (Å²) in [4.78, 5) is 2.56. The van der Waals surface area contributed by atoms with Crippen LogP contribution in [0.25, 0.3) is 0 Å². The number of likely N-dealkylation sites (tertiary alicyclic amines) is 1. The molecule has 2 heterocycles. The van der Waals surface area contributed by atoms with Gasteiger partial charge in [-0.2, -0.15) is 11.8 Å². The van der Waals surface area contributed by atoms with Gasteiger partial charge in [-0.1, -0.05) is 0 Å². The van der Waals surface area contributed by atoms with Crippen LogP contribution in [0.1, 0.15) is 32.1 Å². The molecule has 0 spiro atoms. The molecule has 4 heteroatoms. The maximum Gasteiger partial charge on any atom is 0.107 e. The molecule has 2 aliphatic heterocycles. The van der Waals surface area contributed by atoms with E-state index >= 15 is 0 Å². The van der Waals surface area contributed by atoms with E-state index < -0.39 is 5.54 Å². The van der Waals surface area contributed by atoms with Crippen molar-refractivity contribution in [3.63, 3.8) is 0 Å². The lowest BCUT2D eigenvalue weighted by molar-refractivity contribution is 0.185. The molecule has 0 saturated carbocycles. The molecule has 2 N–H and O–H groups in total. The Morgan fingerprint density at radius 2 is 2.00 bits per heavy atom. The minimum absolute atomic E-state index is 0.360. The largest absolute Gasteiger partial charge is 0.323 e. The summed E-state index contributed by atoms with van der Waals surface area (Å²) >= 11 is 2.06. The number of hydrogen-bond donors (Lipinski definition) is 1. The van der Waals surface area contributed by atoms with Gasteiger partial charge in [-0.3, -0.25) is 0 Å². The molecule has 2 aliphatic rings. The Labute approximate surface area is 102 Å². The third-order valence-electron chi connectivity index (χ3n) is 3.99. The van der Waals surface area contributed by atoms with E-state index in [1.165, 1.54) is 24.3 Å². The van der Waals surface area contributed by atoms with Crippen molar-refractivity contribution in [2.24, 2.45) is 5.73 Å². The lowest BCUT2D eigenvalue weighted by atomic mass is 9.94. The first-order chi connectivity index (χ1) is 7.73. The topological polar surface area (TPSA) is 29.3 Å². The fourth-order valence-corrected chi connectivity index (χ4v) is 3.87. The molecule has 2 nitrogen and oxygen atoms in total. The van der Waals surface area contributed by atoms with Crippen LogP contribution < -0.4 is 5.73 Å². The van der Waals surface area contributed by atoms with Crippen LogP contribution in [0.5, 0.6) is 0 Å². The Bertz CT molecular complexity index is 221. The Kier molecular flexibility index (Phi) is 4.50. The van der Waals surface area contributed by atoms with Crippen molar-refractivity contribution < 1.29 is 4.39 Å². The quantitative estimate of drug-likeness (QED) is 0.808. The number of nitrogens with two attached hydrogens (primary N) is 1. The van der Waals surface area contributed by atoms with Crippen molar-refractivity contribution in [2.75, 3.05) is 31.3 Å². The van der Waals surface area contributed by atoms with E-state index in [1.807, 2.05) is 0 Å². The van der Waals surface area contributed by atoms with Crippen LogP contribution in [-0.4, -0.2) is 47.8 Å². The Morgan fingerprint density at radius 3 is 2.69 bits per heavy atom.